The van der Waals surface area contributed by atoms with E-state index in [9.17, 15) is 0 Å². The van der Waals surface area contributed by atoms with Crippen LogP contribution in [0.2, 0.25) is 0 Å². The fourth-order valence-electron chi connectivity index (χ4n) is 0.644. The molecular formula is C8H16N2O. The molecular weight excluding hydrogens is 140 g/mol. The quantitative estimate of drug-likeness (QED) is 0.554. The van der Waals surface area contributed by atoms with E-state index in [1.54, 1.807) is 0 Å². The molecule has 0 unspecified atom stereocenters. The zero-order valence-corrected chi connectivity index (χ0v) is 7.50. The van der Waals surface area contributed by atoms with E-state index in [0.29, 0.717) is 13.2 Å². The van der Waals surface area contributed by atoms with Crippen molar-refractivity contribution in [3.63, 3.8) is 0 Å². The lowest BCUT2D eigenvalue weighted by Gasteiger charge is -2.13. The molecule has 0 heterocycles. The first kappa shape index (κ1) is 10.4. The SMILES string of the molecule is CC(C)OCCN(C)CC#N. The van der Waals surface area contributed by atoms with Crippen molar-refractivity contribution in [3.8, 4) is 6.07 Å². The van der Waals surface area contributed by atoms with Crippen LogP contribution < -0.4 is 0 Å². The van der Waals surface area contributed by atoms with Crippen molar-refractivity contribution in [1.29, 1.82) is 5.26 Å². The third kappa shape index (κ3) is 7.31. The Labute approximate surface area is 68.6 Å². The van der Waals surface area contributed by atoms with Gasteiger partial charge in [0.05, 0.1) is 25.3 Å². The number of nitrogens with zero attached hydrogens (tertiary/aromatic N) is 2. The van der Waals surface area contributed by atoms with E-state index in [1.807, 2.05) is 25.8 Å². The van der Waals surface area contributed by atoms with Crippen LogP contribution in [0.4, 0.5) is 0 Å². The molecule has 3 heteroatoms. The van der Waals surface area contributed by atoms with Crippen molar-refractivity contribution in [2.45, 2.75) is 20.0 Å². The molecule has 0 saturated heterocycles. The van der Waals surface area contributed by atoms with Gasteiger partial charge in [0.1, 0.15) is 0 Å². The molecule has 0 spiro atoms. The smallest absolute Gasteiger partial charge is 0.0864 e. The van der Waals surface area contributed by atoms with Gasteiger partial charge in [0.2, 0.25) is 0 Å². The predicted molar refractivity (Wildman–Crippen MR) is 44.2 cm³/mol. The largest absolute Gasteiger partial charge is 0.377 e. The second kappa shape index (κ2) is 6.14. The summed E-state index contributed by atoms with van der Waals surface area (Å²) in [5, 5.41) is 8.31. The average Bonchev–Trinajstić information content (AvgIpc) is 1.87. The van der Waals surface area contributed by atoms with Crippen molar-refractivity contribution in [3.05, 3.63) is 0 Å². The third-order valence-electron chi connectivity index (χ3n) is 1.26. The Bertz CT molecular complexity index is 129. The molecule has 0 aromatic carbocycles. The molecule has 64 valence electrons. The van der Waals surface area contributed by atoms with Gasteiger partial charge < -0.3 is 4.74 Å². The summed E-state index contributed by atoms with van der Waals surface area (Å²) < 4.78 is 5.31. The minimum atomic E-state index is 0.283. The molecule has 0 N–H and O–H groups in total. The summed E-state index contributed by atoms with van der Waals surface area (Å²) >= 11 is 0. The summed E-state index contributed by atoms with van der Waals surface area (Å²) in [6, 6.07) is 2.08. The number of hydrogen-bond donors (Lipinski definition) is 0. The monoisotopic (exact) mass is 156 g/mol. The molecule has 0 aliphatic rings. The molecule has 0 aromatic rings. The molecule has 3 nitrogen and oxygen atoms in total. The third-order valence-corrected chi connectivity index (χ3v) is 1.26. The van der Waals surface area contributed by atoms with Crippen LogP contribution in [0, 0.1) is 11.3 Å². The minimum absolute atomic E-state index is 0.283. The zero-order chi connectivity index (χ0) is 8.69. The maximum atomic E-state index is 8.31. The first-order valence-corrected chi connectivity index (χ1v) is 3.84. The number of likely N-dealkylation sites (N-methyl/N-ethyl adjacent to an activating group) is 1. The standard InChI is InChI=1S/C8H16N2O/c1-8(2)11-7-6-10(3)5-4-9/h8H,5-7H2,1-3H3. The molecule has 0 bridgehead atoms. The van der Waals surface area contributed by atoms with Gasteiger partial charge in [-0.05, 0) is 20.9 Å². The molecule has 0 fully saturated rings. The fourth-order valence-corrected chi connectivity index (χ4v) is 0.644. The molecule has 11 heavy (non-hydrogen) atoms. The van der Waals surface area contributed by atoms with Gasteiger partial charge in [0, 0.05) is 6.54 Å². The Kier molecular flexibility index (Phi) is 5.81. The molecule has 0 rings (SSSR count). The summed E-state index contributed by atoms with van der Waals surface area (Å²) in [6.45, 7) is 6.01. The Balaban J connectivity index is 3.18. The average molecular weight is 156 g/mol. The molecule has 0 amide bonds. The second-order valence-electron chi connectivity index (χ2n) is 2.82. The topological polar surface area (TPSA) is 36.3 Å². The first-order valence-electron chi connectivity index (χ1n) is 3.84. The van der Waals surface area contributed by atoms with Gasteiger partial charge >= 0.3 is 0 Å². The highest BCUT2D eigenvalue weighted by molar-refractivity contribution is 4.73. The van der Waals surface area contributed by atoms with Gasteiger partial charge in [0.25, 0.3) is 0 Å². The van der Waals surface area contributed by atoms with Crippen LogP contribution in [-0.4, -0.2) is 37.7 Å². The summed E-state index contributed by atoms with van der Waals surface area (Å²) in [6.07, 6.45) is 0.283. The minimum Gasteiger partial charge on any atom is -0.377 e. The molecule has 0 aromatic heterocycles. The molecule has 0 aliphatic carbocycles. The number of rotatable bonds is 5. The van der Waals surface area contributed by atoms with E-state index in [-0.39, 0.29) is 6.10 Å². The van der Waals surface area contributed by atoms with E-state index in [4.69, 9.17) is 10.00 Å². The van der Waals surface area contributed by atoms with E-state index in [2.05, 4.69) is 6.07 Å². The van der Waals surface area contributed by atoms with Crippen LogP contribution in [0.1, 0.15) is 13.8 Å². The normalized spacial score (nSPS) is 10.5. The number of nitriles is 1. The Morgan fingerprint density at radius 1 is 1.55 bits per heavy atom. The maximum Gasteiger partial charge on any atom is 0.0864 e. The van der Waals surface area contributed by atoms with Crippen molar-refractivity contribution < 1.29 is 4.74 Å². The summed E-state index contributed by atoms with van der Waals surface area (Å²) in [5.41, 5.74) is 0. The number of hydrogen-bond acceptors (Lipinski definition) is 3. The van der Waals surface area contributed by atoms with Gasteiger partial charge in [-0.15, -0.1) is 0 Å². The van der Waals surface area contributed by atoms with E-state index in [1.165, 1.54) is 0 Å². The van der Waals surface area contributed by atoms with Crippen LogP contribution in [0.25, 0.3) is 0 Å². The first-order chi connectivity index (χ1) is 5.16. The lowest BCUT2D eigenvalue weighted by atomic mass is 10.5. The van der Waals surface area contributed by atoms with Gasteiger partial charge in [0.15, 0.2) is 0 Å². The predicted octanol–water partition coefficient (Wildman–Crippen LogP) is 0.867. The lowest BCUT2D eigenvalue weighted by molar-refractivity contribution is 0.0659. The number of ether oxygens (including phenoxy) is 1. The van der Waals surface area contributed by atoms with E-state index < -0.39 is 0 Å². The highest BCUT2D eigenvalue weighted by Crippen LogP contribution is 1.88. The Morgan fingerprint density at radius 2 is 2.18 bits per heavy atom. The van der Waals surface area contributed by atoms with Crippen molar-refractivity contribution in [2.24, 2.45) is 0 Å². The van der Waals surface area contributed by atoms with Crippen molar-refractivity contribution in [1.82, 2.24) is 4.90 Å². The molecule has 0 atom stereocenters. The van der Waals surface area contributed by atoms with E-state index in [0.717, 1.165) is 6.54 Å². The maximum absolute atomic E-state index is 8.31. The van der Waals surface area contributed by atoms with Crippen molar-refractivity contribution >= 4 is 0 Å². The summed E-state index contributed by atoms with van der Waals surface area (Å²) in [7, 11) is 1.91. The highest BCUT2D eigenvalue weighted by atomic mass is 16.5. The van der Waals surface area contributed by atoms with Crippen LogP contribution in [0.3, 0.4) is 0 Å². The van der Waals surface area contributed by atoms with Crippen LogP contribution in [0.15, 0.2) is 0 Å². The van der Waals surface area contributed by atoms with E-state index >= 15 is 0 Å². The second-order valence-corrected chi connectivity index (χ2v) is 2.82. The van der Waals surface area contributed by atoms with Crippen molar-refractivity contribution in [2.75, 3.05) is 26.7 Å². The van der Waals surface area contributed by atoms with Gasteiger partial charge in [-0.1, -0.05) is 0 Å². The van der Waals surface area contributed by atoms with Gasteiger partial charge in [-0.3, -0.25) is 4.90 Å². The van der Waals surface area contributed by atoms with Gasteiger partial charge in [-0.25, -0.2) is 0 Å². The summed E-state index contributed by atoms with van der Waals surface area (Å²) in [5.74, 6) is 0. The van der Waals surface area contributed by atoms with Crippen LogP contribution >= 0.6 is 0 Å². The van der Waals surface area contributed by atoms with Crippen LogP contribution in [-0.2, 0) is 4.74 Å². The fraction of sp³-hybridized carbons (Fsp3) is 0.875. The molecule has 0 radical (unpaired) electrons. The summed E-state index contributed by atoms with van der Waals surface area (Å²) in [4.78, 5) is 1.93. The molecule has 0 aliphatic heterocycles. The van der Waals surface area contributed by atoms with Crippen LogP contribution in [0.5, 0.6) is 0 Å². The Hall–Kier alpha value is -0.590. The molecule has 0 saturated carbocycles. The lowest BCUT2D eigenvalue weighted by Crippen LogP contribution is -2.24. The zero-order valence-electron chi connectivity index (χ0n) is 7.50. The highest BCUT2D eigenvalue weighted by Gasteiger charge is 1.97. The van der Waals surface area contributed by atoms with Gasteiger partial charge in [-0.2, -0.15) is 5.26 Å². The Morgan fingerprint density at radius 3 is 2.64 bits per heavy atom.